The number of fused-ring (bicyclic) bond motifs is 1. The van der Waals surface area contributed by atoms with Crippen LogP contribution in [0.15, 0.2) is 16.6 Å². The third-order valence-electron chi connectivity index (χ3n) is 3.14. The molecule has 19 heavy (non-hydrogen) atoms. The zero-order valence-corrected chi connectivity index (χ0v) is 11.9. The predicted octanol–water partition coefficient (Wildman–Crippen LogP) is 1.69. The van der Waals surface area contributed by atoms with E-state index in [4.69, 9.17) is 14.2 Å². The summed E-state index contributed by atoms with van der Waals surface area (Å²) in [6, 6.07) is 3.53. The summed E-state index contributed by atoms with van der Waals surface area (Å²) in [5.41, 5.74) is 0.609. The molecule has 5 nitrogen and oxygen atoms in total. The van der Waals surface area contributed by atoms with Crippen molar-refractivity contribution in [3.63, 3.8) is 0 Å². The first-order valence-electron chi connectivity index (χ1n) is 6.22. The van der Waals surface area contributed by atoms with Gasteiger partial charge in [0, 0.05) is 18.7 Å². The molecule has 0 radical (unpaired) electrons. The van der Waals surface area contributed by atoms with Gasteiger partial charge in [0.25, 0.3) is 5.91 Å². The van der Waals surface area contributed by atoms with E-state index in [2.05, 4.69) is 15.9 Å². The van der Waals surface area contributed by atoms with E-state index in [-0.39, 0.29) is 5.91 Å². The SMILES string of the molecule is O=C(c1cc(Br)c2c(c1)OCCO2)N1CCOCC1. The van der Waals surface area contributed by atoms with Gasteiger partial charge in [-0.25, -0.2) is 0 Å². The molecule has 1 saturated heterocycles. The summed E-state index contributed by atoms with van der Waals surface area (Å²) in [7, 11) is 0. The van der Waals surface area contributed by atoms with Gasteiger partial charge in [0.2, 0.25) is 0 Å². The Hall–Kier alpha value is -1.27. The van der Waals surface area contributed by atoms with Crippen molar-refractivity contribution < 1.29 is 19.0 Å². The average molecular weight is 328 g/mol. The van der Waals surface area contributed by atoms with Crippen molar-refractivity contribution in [3.05, 3.63) is 22.2 Å². The number of halogens is 1. The fourth-order valence-electron chi connectivity index (χ4n) is 2.18. The van der Waals surface area contributed by atoms with Crippen molar-refractivity contribution in [2.75, 3.05) is 39.5 Å². The molecule has 1 fully saturated rings. The van der Waals surface area contributed by atoms with Crippen molar-refractivity contribution in [3.8, 4) is 11.5 Å². The number of rotatable bonds is 1. The van der Waals surface area contributed by atoms with E-state index >= 15 is 0 Å². The van der Waals surface area contributed by atoms with E-state index in [1.54, 1.807) is 17.0 Å². The maximum atomic E-state index is 12.4. The van der Waals surface area contributed by atoms with Gasteiger partial charge >= 0.3 is 0 Å². The Balaban J connectivity index is 1.88. The first-order chi connectivity index (χ1) is 9.25. The van der Waals surface area contributed by atoms with Crippen LogP contribution >= 0.6 is 15.9 Å². The zero-order chi connectivity index (χ0) is 13.2. The third-order valence-corrected chi connectivity index (χ3v) is 3.73. The molecule has 1 aromatic rings. The van der Waals surface area contributed by atoms with Crippen LogP contribution in [0.3, 0.4) is 0 Å². The summed E-state index contributed by atoms with van der Waals surface area (Å²) >= 11 is 3.42. The van der Waals surface area contributed by atoms with E-state index in [0.29, 0.717) is 56.6 Å². The Kier molecular flexibility index (Phi) is 3.61. The topological polar surface area (TPSA) is 48.0 Å². The van der Waals surface area contributed by atoms with Gasteiger partial charge < -0.3 is 19.1 Å². The summed E-state index contributed by atoms with van der Waals surface area (Å²) in [5, 5.41) is 0. The predicted molar refractivity (Wildman–Crippen MR) is 71.9 cm³/mol. The zero-order valence-electron chi connectivity index (χ0n) is 10.4. The van der Waals surface area contributed by atoms with Gasteiger partial charge in [0.15, 0.2) is 11.5 Å². The Bertz CT molecular complexity index is 500. The lowest BCUT2D eigenvalue weighted by atomic mass is 10.1. The van der Waals surface area contributed by atoms with Crippen LogP contribution in [0.4, 0.5) is 0 Å². The van der Waals surface area contributed by atoms with Crippen LogP contribution in [-0.4, -0.2) is 50.3 Å². The molecule has 1 aromatic carbocycles. The van der Waals surface area contributed by atoms with Crippen LogP contribution in [0, 0.1) is 0 Å². The van der Waals surface area contributed by atoms with E-state index < -0.39 is 0 Å². The highest BCUT2D eigenvalue weighted by Crippen LogP contribution is 2.38. The lowest BCUT2D eigenvalue weighted by Crippen LogP contribution is -2.40. The fourth-order valence-corrected chi connectivity index (χ4v) is 2.74. The fraction of sp³-hybridized carbons (Fsp3) is 0.462. The number of nitrogens with zero attached hydrogens (tertiary/aromatic N) is 1. The Morgan fingerprint density at radius 3 is 2.63 bits per heavy atom. The van der Waals surface area contributed by atoms with Gasteiger partial charge in [0.05, 0.1) is 17.7 Å². The molecule has 0 aromatic heterocycles. The summed E-state index contributed by atoms with van der Waals surface area (Å²) in [6.07, 6.45) is 0. The van der Waals surface area contributed by atoms with E-state index in [1.165, 1.54) is 0 Å². The molecule has 1 amide bonds. The molecule has 2 aliphatic heterocycles. The second kappa shape index (κ2) is 5.38. The molecule has 0 atom stereocenters. The van der Waals surface area contributed by atoms with Crippen molar-refractivity contribution >= 4 is 21.8 Å². The van der Waals surface area contributed by atoms with Gasteiger partial charge in [-0.1, -0.05) is 0 Å². The van der Waals surface area contributed by atoms with Gasteiger partial charge in [0.1, 0.15) is 13.2 Å². The lowest BCUT2D eigenvalue weighted by Gasteiger charge is -2.27. The largest absolute Gasteiger partial charge is 0.486 e. The average Bonchev–Trinajstić information content (AvgIpc) is 2.47. The molecule has 2 heterocycles. The highest BCUT2D eigenvalue weighted by molar-refractivity contribution is 9.10. The van der Waals surface area contributed by atoms with Crippen molar-refractivity contribution in [1.29, 1.82) is 0 Å². The molecule has 0 spiro atoms. The first-order valence-corrected chi connectivity index (χ1v) is 7.01. The summed E-state index contributed by atoms with van der Waals surface area (Å²) in [4.78, 5) is 14.2. The minimum Gasteiger partial charge on any atom is -0.486 e. The van der Waals surface area contributed by atoms with Crippen molar-refractivity contribution in [2.45, 2.75) is 0 Å². The number of ether oxygens (including phenoxy) is 3. The molecule has 6 heteroatoms. The second-order valence-corrected chi connectivity index (χ2v) is 5.24. The lowest BCUT2D eigenvalue weighted by molar-refractivity contribution is 0.0302. The molecular formula is C13H14BrNO4. The van der Waals surface area contributed by atoms with Crippen molar-refractivity contribution in [2.24, 2.45) is 0 Å². The number of carbonyl (C=O) groups excluding carboxylic acids is 1. The van der Waals surface area contributed by atoms with Crippen LogP contribution < -0.4 is 9.47 Å². The molecule has 0 bridgehead atoms. The normalized spacial score (nSPS) is 18.3. The van der Waals surface area contributed by atoms with Crippen molar-refractivity contribution in [1.82, 2.24) is 4.90 Å². The summed E-state index contributed by atoms with van der Waals surface area (Å²) in [6.45, 7) is 3.49. The van der Waals surface area contributed by atoms with Crippen LogP contribution in [0.1, 0.15) is 10.4 Å². The number of hydrogen-bond acceptors (Lipinski definition) is 4. The number of carbonyl (C=O) groups is 1. The Morgan fingerprint density at radius 2 is 1.84 bits per heavy atom. The van der Waals surface area contributed by atoms with Gasteiger partial charge in [-0.2, -0.15) is 0 Å². The molecular weight excluding hydrogens is 314 g/mol. The van der Waals surface area contributed by atoms with Gasteiger partial charge in [-0.15, -0.1) is 0 Å². The maximum absolute atomic E-state index is 12.4. The third kappa shape index (κ3) is 2.55. The number of benzene rings is 1. The minimum atomic E-state index is 0.000901. The molecule has 0 unspecified atom stereocenters. The van der Waals surface area contributed by atoms with Crippen LogP contribution in [-0.2, 0) is 4.74 Å². The molecule has 0 N–H and O–H groups in total. The van der Waals surface area contributed by atoms with Gasteiger partial charge in [-0.3, -0.25) is 4.79 Å². The molecule has 102 valence electrons. The Labute approximate surface area is 119 Å². The molecule has 0 aliphatic carbocycles. The van der Waals surface area contributed by atoms with E-state index in [1.807, 2.05) is 0 Å². The quantitative estimate of drug-likeness (QED) is 0.787. The van der Waals surface area contributed by atoms with Crippen LogP contribution in [0.25, 0.3) is 0 Å². The highest BCUT2D eigenvalue weighted by atomic mass is 79.9. The van der Waals surface area contributed by atoms with Crippen LogP contribution in [0.5, 0.6) is 11.5 Å². The first kappa shape index (κ1) is 12.7. The number of amides is 1. The summed E-state index contributed by atoms with van der Waals surface area (Å²) in [5.74, 6) is 1.29. The second-order valence-electron chi connectivity index (χ2n) is 4.39. The minimum absolute atomic E-state index is 0.000901. The Morgan fingerprint density at radius 1 is 1.11 bits per heavy atom. The number of hydrogen-bond donors (Lipinski definition) is 0. The van der Waals surface area contributed by atoms with E-state index in [9.17, 15) is 4.79 Å². The highest BCUT2D eigenvalue weighted by Gasteiger charge is 2.23. The summed E-state index contributed by atoms with van der Waals surface area (Å²) < 4.78 is 17.1. The smallest absolute Gasteiger partial charge is 0.254 e. The molecule has 0 saturated carbocycles. The maximum Gasteiger partial charge on any atom is 0.254 e. The van der Waals surface area contributed by atoms with E-state index in [0.717, 1.165) is 4.47 Å². The van der Waals surface area contributed by atoms with Gasteiger partial charge in [-0.05, 0) is 28.1 Å². The molecule has 3 rings (SSSR count). The monoisotopic (exact) mass is 327 g/mol. The van der Waals surface area contributed by atoms with Crippen LogP contribution in [0.2, 0.25) is 0 Å². The number of morpholine rings is 1. The standard InChI is InChI=1S/C13H14BrNO4/c14-10-7-9(8-11-12(10)19-6-5-18-11)13(16)15-1-3-17-4-2-15/h7-8H,1-6H2. The molecule has 2 aliphatic rings.